The molecule has 1 fully saturated rings. The van der Waals surface area contributed by atoms with Crippen molar-refractivity contribution in [3.05, 3.63) is 95.2 Å². The van der Waals surface area contributed by atoms with Gasteiger partial charge < -0.3 is 9.80 Å². The highest BCUT2D eigenvalue weighted by Crippen LogP contribution is 2.35. The molecule has 2 aromatic heterocycles. The summed E-state index contributed by atoms with van der Waals surface area (Å²) in [5.74, 6) is 1.56. The summed E-state index contributed by atoms with van der Waals surface area (Å²) >= 11 is 12.8. The van der Waals surface area contributed by atoms with Crippen LogP contribution in [0.15, 0.2) is 85.2 Å². The van der Waals surface area contributed by atoms with E-state index in [2.05, 4.69) is 44.0 Å². The van der Waals surface area contributed by atoms with E-state index in [9.17, 15) is 0 Å². The lowest BCUT2D eigenvalue weighted by atomic mass is 10.2. The van der Waals surface area contributed by atoms with Crippen molar-refractivity contribution in [3.63, 3.8) is 0 Å². The molecule has 5 aromatic rings. The zero-order valence-corrected chi connectivity index (χ0v) is 20.4. The van der Waals surface area contributed by atoms with Crippen LogP contribution in [0.4, 0.5) is 11.5 Å². The van der Waals surface area contributed by atoms with Crippen LogP contribution < -0.4 is 9.80 Å². The lowest BCUT2D eigenvalue weighted by molar-refractivity contribution is 0.648. The van der Waals surface area contributed by atoms with Gasteiger partial charge >= 0.3 is 0 Å². The van der Waals surface area contributed by atoms with E-state index in [-0.39, 0.29) is 0 Å². The highest BCUT2D eigenvalue weighted by atomic mass is 35.5. The predicted octanol–water partition coefficient (Wildman–Crippen LogP) is 6.12. The fourth-order valence-corrected chi connectivity index (χ4v) is 4.93. The molecule has 1 saturated heterocycles. The van der Waals surface area contributed by atoms with Crippen molar-refractivity contribution in [3.8, 4) is 17.1 Å². The molecule has 1 aliphatic rings. The molecule has 35 heavy (non-hydrogen) atoms. The molecule has 1 aliphatic heterocycles. The average Bonchev–Trinajstić information content (AvgIpc) is 3.29. The number of anilines is 2. The number of nitrogens with zero attached hydrogens (tertiary/aromatic N) is 6. The van der Waals surface area contributed by atoms with Crippen LogP contribution in [-0.2, 0) is 0 Å². The van der Waals surface area contributed by atoms with Crippen molar-refractivity contribution in [2.45, 2.75) is 0 Å². The Morgan fingerprint density at radius 3 is 2.09 bits per heavy atom. The van der Waals surface area contributed by atoms with Crippen molar-refractivity contribution < 1.29 is 0 Å². The fraction of sp³-hybridized carbons (Fsp3) is 0.148. The number of benzene rings is 3. The minimum atomic E-state index is 0.629. The Kier molecular flexibility index (Phi) is 5.76. The number of fused-ring (bicyclic) bond motifs is 1. The number of piperazine rings is 1. The van der Waals surface area contributed by atoms with Crippen LogP contribution in [-0.4, -0.2) is 45.7 Å². The number of hydrogen-bond acceptors (Lipinski definition) is 5. The van der Waals surface area contributed by atoms with E-state index in [1.54, 1.807) is 6.33 Å². The molecule has 3 aromatic carbocycles. The molecule has 0 bridgehead atoms. The Morgan fingerprint density at radius 2 is 1.34 bits per heavy atom. The van der Waals surface area contributed by atoms with Crippen LogP contribution in [0.3, 0.4) is 0 Å². The predicted molar refractivity (Wildman–Crippen MR) is 143 cm³/mol. The summed E-state index contributed by atoms with van der Waals surface area (Å²) in [4.78, 5) is 19.1. The van der Waals surface area contributed by atoms with E-state index in [1.165, 1.54) is 5.69 Å². The monoisotopic (exact) mass is 500 g/mol. The van der Waals surface area contributed by atoms with Crippen LogP contribution in [0.25, 0.3) is 28.2 Å². The maximum absolute atomic E-state index is 6.61. The molecule has 0 unspecified atom stereocenters. The van der Waals surface area contributed by atoms with E-state index in [0.717, 1.165) is 60.2 Å². The second-order valence-corrected chi connectivity index (χ2v) is 9.25. The minimum Gasteiger partial charge on any atom is -0.368 e. The van der Waals surface area contributed by atoms with Gasteiger partial charge in [-0.05, 0) is 48.5 Å². The SMILES string of the molecule is Clc1ccc(-n2c(-c3ccccc3Cl)nc3c(N4CCN(c5ccccc5)CC4)ncnc32)cc1. The van der Waals surface area contributed by atoms with Gasteiger partial charge in [0.15, 0.2) is 17.0 Å². The van der Waals surface area contributed by atoms with Crippen LogP contribution in [0, 0.1) is 0 Å². The van der Waals surface area contributed by atoms with Gasteiger partial charge in [-0.2, -0.15) is 0 Å². The first-order valence-electron chi connectivity index (χ1n) is 11.5. The Hall–Kier alpha value is -3.61. The van der Waals surface area contributed by atoms with Crippen LogP contribution in [0.1, 0.15) is 0 Å². The van der Waals surface area contributed by atoms with Crippen molar-refractivity contribution in [2.75, 3.05) is 36.0 Å². The van der Waals surface area contributed by atoms with Gasteiger partial charge in [0.2, 0.25) is 0 Å². The summed E-state index contributed by atoms with van der Waals surface area (Å²) < 4.78 is 2.03. The van der Waals surface area contributed by atoms with E-state index in [1.807, 2.05) is 59.2 Å². The normalized spacial score (nSPS) is 14.0. The first-order chi connectivity index (χ1) is 17.2. The number of hydrogen-bond donors (Lipinski definition) is 0. The summed E-state index contributed by atoms with van der Waals surface area (Å²) in [6, 6.07) is 25.9. The topological polar surface area (TPSA) is 50.1 Å². The van der Waals surface area contributed by atoms with Gasteiger partial charge in [0.1, 0.15) is 12.2 Å². The van der Waals surface area contributed by atoms with Crippen molar-refractivity contribution in [1.82, 2.24) is 19.5 Å². The van der Waals surface area contributed by atoms with Gasteiger partial charge in [0.25, 0.3) is 0 Å². The number of aromatic nitrogens is 4. The summed E-state index contributed by atoms with van der Waals surface area (Å²) in [6.45, 7) is 3.50. The van der Waals surface area contributed by atoms with Gasteiger partial charge in [-0.25, -0.2) is 15.0 Å². The molecule has 0 atom stereocenters. The zero-order chi connectivity index (χ0) is 23.8. The third-order valence-corrected chi connectivity index (χ3v) is 6.91. The summed E-state index contributed by atoms with van der Waals surface area (Å²) in [7, 11) is 0. The number of rotatable bonds is 4. The molecule has 8 heteroatoms. The molecule has 174 valence electrons. The lowest BCUT2D eigenvalue weighted by Crippen LogP contribution is -2.46. The maximum Gasteiger partial charge on any atom is 0.170 e. The fourth-order valence-electron chi connectivity index (χ4n) is 4.59. The van der Waals surface area contributed by atoms with E-state index in [0.29, 0.717) is 10.0 Å². The molecule has 0 spiro atoms. The van der Waals surface area contributed by atoms with E-state index >= 15 is 0 Å². The van der Waals surface area contributed by atoms with Crippen LogP contribution in [0.2, 0.25) is 10.0 Å². The van der Waals surface area contributed by atoms with Crippen molar-refractivity contribution >= 4 is 45.9 Å². The van der Waals surface area contributed by atoms with E-state index in [4.69, 9.17) is 28.2 Å². The maximum atomic E-state index is 6.61. The molecule has 0 aliphatic carbocycles. The molecule has 6 rings (SSSR count). The highest BCUT2D eigenvalue weighted by molar-refractivity contribution is 6.33. The molecule has 0 amide bonds. The molecule has 0 radical (unpaired) electrons. The molecular weight excluding hydrogens is 479 g/mol. The van der Waals surface area contributed by atoms with Gasteiger partial charge in [-0.3, -0.25) is 4.57 Å². The van der Waals surface area contributed by atoms with Gasteiger partial charge in [-0.15, -0.1) is 0 Å². The van der Waals surface area contributed by atoms with Crippen LogP contribution in [0.5, 0.6) is 0 Å². The molecule has 3 heterocycles. The Labute approximate surface area is 213 Å². The Morgan fingerprint density at radius 1 is 0.657 bits per heavy atom. The third-order valence-electron chi connectivity index (χ3n) is 6.33. The molecule has 6 nitrogen and oxygen atoms in total. The second kappa shape index (κ2) is 9.21. The van der Waals surface area contributed by atoms with Crippen molar-refractivity contribution in [1.29, 1.82) is 0 Å². The minimum absolute atomic E-state index is 0.629. The summed E-state index contributed by atoms with van der Waals surface area (Å²) in [5.41, 5.74) is 4.48. The van der Waals surface area contributed by atoms with Crippen molar-refractivity contribution in [2.24, 2.45) is 0 Å². The standard InChI is InChI=1S/C27H22Cl2N6/c28-19-10-12-21(13-11-19)35-25(22-8-4-5-9-23(22)29)32-24-26(30-18-31-27(24)35)34-16-14-33(15-17-34)20-6-2-1-3-7-20/h1-13,18H,14-17H2. The number of para-hydroxylation sites is 1. The first kappa shape index (κ1) is 21.9. The second-order valence-electron chi connectivity index (χ2n) is 8.41. The molecular formula is C27H22Cl2N6. The zero-order valence-electron chi connectivity index (χ0n) is 18.9. The average molecular weight is 501 g/mol. The Balaban J connectivity index is 1.44. The summed E-state index contributed by atoms with van der Waals surface area (Å²) in [5, 5.41) is 1.30. The summed E-state index contributed by atoms with van der Waals surface area (Å²) in [6.07, 6.45) is 1.62. The third kappa shape index (κ3) is 4.09. The largest absolute Gasteiger partial charge is 0.368 e. The number of imidazole rings is 1. The van der Waals surface area contributed by atoms with Crippen LogP contribution >= 0.6 is 23.2 Å². The highest BCUT2D eigenvalue weighted by Gasteiger charge is 2.25. The van der Waals surface area contributed by atoms with Gasteiger partial charge in [-0.1, -0.05) is 53.5 Å². The number of halogens is 2. The first-order valence-corrected chi connectivity index (χ1v) is 12.2. The van der Waals surface area contributed by atoms with Gasteiger partial charge in [0.05, 0.1) is 5.02 Å². The smallest absolute Gasteiger partial charge is 0.170 e. The molecule has 0 saturated carbocycles. The lowest BCUT2D eigenvalue weighted by Gasteiger charge is -2.36. The van der Waals surface area contributed by atoms with Gasteiger partial charge in [0, 0.05) is 48.1 Å². The quantitative estimate of drug-likeness (QED) is 0.297. The molecule has 0 N–H and O–H groups in total. The Bertz CT molecular complexity index is 1480. The van der Waals surface area contributed by atoms with E-state index < -0.39 is 0 Å².